The molecule has 0 saturated heterocycles. The maximum absolute atomic E-state index is 13.7. The number of halogens is 2. The Kier molecular flexibility index (Phi) is 9.95. The van der Waals surface area contributed by atoms with Gasteiger partial charge in [-0.25, -0.2) is 0 Å². The Morgan fingerprint density at radius 2 is 1.28 bits per heavy atom. The van der Waals surface area contributed by atoms with Crippen LogP contribution in [0.25, 0.3) is 6.08 Å². The van der Waals surface area contributed by atoms with Crippen molar-refractivity contribution in [3.8, 4) is 0 Å². The number of carbonyl (C=O) groups is 1. The summed E-state index contributed by atoms with van der Waals surface area (Å²) >= 11 is -2.27. The SMILES string of the molecule is Cc1cc(C)cc(C(=O)[NH][Ti+2]([CH]2C=Cc3ccccc32)[SiH](c2ccccc2)c2ccccc2)c1.[Cl-].[Cl-]. The summed E-state index contributed by atoms with van der Waals surface area (Å²) in [5.74, 6) is 0.0731. The van der Waals surface area contributed by atoms with Gasteiger partial charge in [-0.15, -0.1) is 0 Å². The van der Waals surface area contributed by atoms with Gasteiger partial charge >= 0.3 is 210 Å². The fourth-order valence-electron chi connectivity index (χ4n) is 5.00. The fraction of sp³-hybridized carbons (Fsp3) is 0.100. The molecule has 1 unspecified atom stereocenters. The summed E-state index contributed by atoms with van der Waals surface area (Å²) < 4.78 is 4.00. The molecule has 1 aliphatic rings. The van der Waals surface area contributed by atoms with Crippen LogP contribution in [0.2, 0.25) is 0 Å². The topological polar surface area (TPSA) is 29.1 Å². The van der Waals surface area contributed by atoms with Crippen LogP contribution in [0.5, 0.6) is 0 Å². The third-order valence-corrected chi connectivity index (χ3v) is 19.9. The minimum Gasteiger partial charge on any atom is -1.00 e. The van der Waals surface area contributed by atoms with Crippen LogP contribution in [0.4, 0.5) is 0 Å². The molecule has 0 heterocycles. The first kappa shape index (κ1) is 28.2. The summed E-state index contributed by atoms with van der Waals surface area (Å²) in [5, 5.41) is 2.81. The van der Waals surface area contributed by atoms with E-state index in [4.69, 9.17) is 0 Å². The molecule has 0 radical (unpaired) electrons. The number of benzene rings is 4. The molecule has 1 atom stereocenters. The first-order valence-electron chi connectivity index (χ1n) is 11.7. The predicted molar refractivity (Wildman–Crippen MR) is 141 cm³/mol. The van der Waals surface area contributed by atoms with Crippen LogP contribution in [-0.2, 0) is 17.4 Å². The number of aryl methyl sites for hydroxylation is 2. The molecule has 1 aliphatic carbocycles. The van der Waals surface area contributed by atoms with E-state index < -0.39 is 24.0 Å². The first-order valence-corrected chi connectivity index (χ1v) is 17.9. The number of hydrogen-bond acceptors (Lipinski definition) is 1. The van der Waals surface area contributed by atoms with Gasteiger partial charge in [-0.2, -0.15) is 0 Å². The second-order valence-electron chi connectivity index (χ2n) is 9.01. The molecule has 6 heteroatoms. The molecule has 181 valence electrons. The standard InChI is InChI=1S/C12H11Si.C9H11NO.C9H7.2ClH.Ti/c1-3-7-11(8-4-1)13-12-9-5-2-6-10-12;1-6-3-7(2)5-8(4-6)9(10)11;1-2-5-9-7-3-6-8(9)4-1;;;/h1-10,13H;3-5H,1-2H3,(H2,10,11);1-7H;2*1H;/q;;;;;+3/p-3. The van der Waals surface area contributed by atoms with Crippen LogP contribution in [-0.4, -0.2) is 12.6 Å². The Morgan fingerprint density at radius 1 is 0.750 bits per heavy atom. The number of amides is 1. The minimum absolute atomic E-state index is 0. The summed E-state index contributed by atoms with van der Waals surface area (Å²) in [5.41, 5.74) is 5.66. The molecule has 0 aliphatic heterocycles. The number of carbonyl (C=O) groups excluding carboxylic acids is 1. The van der Waals surface area contributed by atoms with Crippen LogP contribution in [0.15, 0.2) is 109 Å². The Balaban J connectivity index is 0.00000180. The second-order valence-corrected chi connectivity index (χ2v) is 19.3. The molecular formula is C30H28Cl2NOSiTi. The maximum Gasteiger partial charge on any atom is -1.00 e. The average molecular weight is 565 g/mol. The summed E-state index contributed by atoms with van der Waals surface area (Å²) in [4.78, 5) is 13.7. The maximum atomic E-state index is 13.7. The predicted octanol–water partition coefficient (Wildman–Crippen LogP) is -1.12. The van der Waals surface area contributed by atoms with Gasteiger partial charge in [0.15, 0.2) is 0 Å². The molecule has 0 aromatic heterocycles. The van der Waals surface area contributed by atoms with Gasteiger partial charge in [0.25, 0.3) is 0 Å². The molecule has 2 nitrogen and oxygen atoms in total. The van der Waals surface area contributed by atoms with E-state index in [9.17, 15) is 4.79 Å². The van der Waals surface area contributed by atoms with Gasteiger partial charge in [-0.1, -0.05) is 0 Å². The number of rotatable bonds is 6. The van der Waals surface area contributed by atoms with E-state index in [1.807, 2.05) is 12.1 Å². The molecule has 0 spiro atoms. The van der Waals surface area contributed by atoms with Crippen molar-refractivity contribution in [3.63, 3.8) is 0 Å². The van der Waals surface area contributed by atoms with E-state index in [2.05, 4.69) is 121 Å². The molecule has 0 saturated carbocycles. The smallest absolute Gasteiger partial charge is 1.00 e. The van der Waals surface area contributed by atoms with E-state index in [-0.39, 0.29) is 30.7 Å². The summed E-state index contributed by atoms with van der Waals surface area (Å²) in [7, 11) is 0. The Labute approximate surface area is 233 Å². The van der Waals surface area contributed by atoms with Gasteiger partial charge in [-0.3, -0.25) is 0 Å². The molecule has 0 bridgehead atoms. The van der Waals surface area contributed by atoms with Crippen molar-refractivity contribution >= 4 is 29.0 Å². The number of allylic oxidation sites excluding steroid dienone is 1. The largest absolute Gasteiger partial charge is 1.00 e. The normalized spacial score (nSPS) is 13.4. The van der Waals surface area contributed by atoms with Crippen molar-refractivity contribution in [2.45, 2.75) is 18.1 Å². The van der Waals surface area contributed by atoms with Crippen molar-refractivity contribution in [3.05, 3.63) is 137 Å². The van der Waals surface area contributed by atoms with Crippen molar-refractivity contribution in [2.24, 2.45) is 0 Å². The molecule has 5 rings (SSSR count). The molecule has 0 fully saturated rings. The van der Waals surface area contributed by atoms with Gasteiger partial charge in [-0.05, 0) is 0 Å². The molecule has 36 heavy (non-hydrogen) atoms. The number of fused-ring (bicyclic) bond motifs is 1. The van der Waals surface area contributed by atoms with Crippen LogP contribution >= 0.6 is 0 Å². The van der Waals surface area contributed by atoms with E-state index in [0.29, 0.717) is 4.22 Å². The molecule has 1 N–H and O–H groups in total. The summed E-state index contributed by atoms with van der Waals surface area (Å²) in [6, 6.07) is 36.6. The molecule has 4 aromatic rings. The van der Waals surface area contributed by atoms with Crippen LogP contribution < -0.4 is 39.0 Å². The van der Waals surface area contributed by atoms with E-state index in [1.165, 1.54) is 21.5 Å². The summed E-state index contributed by atoms with van der Waals surface area (Å²) in [6.07, 6.45) is 4.60. The molecule has 1 amide bonds. The van der Waals surface area contributed by atoms with E-state index >= 15 is 0 Å². The zero-order valence-electron chi connectivity index (χ0n) is 20.3. The second kappa shape index (κ2) is 12.7. The van der Waals surface area contributed by atoms with E-state index in [0.717, 1.165) is 16.7 Å². The Hall–Kier alpha value is -2.40. The van der Waals surface area contributed by atoms with Crippen molar-refractivity contribution in [1.82, 2.24) is 3.80 Å². The Bertz CT molecular complexity index is 1290. The zero-order chi connectivity index (χ0) is 23.5. The van der Waals surface area contributed by atoms with Gasteiger partial charge in [0.05, 0.1) is 0 Å². The number of nitrogens with one attached hydrogen (secondary N) is 1. The third kappa shape index (κ3) is 6.11. The van der Waals surface area contributed by atoms with Gasteiger partial charge in [0, 0.05) is 0 Å². The third-order valence-electron chi connectivity index (χ3n) is 6.45. The molecule has 4 aromatic carbocycles. The average Bonchev–Trinajstić information content (AvgIpc) is 3.28. The minimum atomic E-state index is -2.27. The van der Waals surface area contributed by atoms with Crippen molar-refractivity contribution in [1.29, 1.82) is 0 Å². The van der Waals surface area contributed by atoms with Crippen LogP contribution in [0.3, 0.4) is 0 Å². The van der Waals surface area contributed by atoms with Gasteiger partial charge < -0.3 is 24.8 Å². The Morgan fingerprint density at radius 3 is 1.86 bits per heavy atom. The van der Waals surface area contributed by atoms with E-state index in [1.54, 1.807) is 0 Å². The zero-order valence-corrected chi connectivity index (χ0v) is 24.5. The number of hydrogen-bond donors (Lipinski definition) is 1. The summed E-state index contributed by atoms with van der Waals surface area (Å²) in [6.45, 7) is 2.42. The van der Waals surface area contributed by atoms with Crippen LogP contribution in [0, 0.1) is 13.8 Å². The van der Waals surface area contributed by atoms with Crippen molar-refractivity contribution < 1.29 is 47.0 Å². The van der Waals surface area contributed by atoms with Gasteiger partial charge in [0.2, 0.25) is 0 Å². The van der Waals surface area contributed by atoms with Crippen LogP contribution in [0.1, 0.15) is 36.8 Å². The molecular weight excluding hydrogens is 537 g/mol. The first-order chi connectivity index (χ1) is 16.6. The van der Waals surface area contributed by atoms with Crippen molar-refractivity contribution in [2.75, 3.05) is 0 Å². The quantitative estimate of drug-likeness (QED) is 0.295. The monoisotopic (exact) mass is 564 g/mol. The fourth-order valence-corrected chi connectivity index (χ4v) is 19.4. The van der Waals surface area contributed by atoms with Gasteiger partial charge in [0.1, 0.15) is 0 Å².